The van der Waals surface area contributed by atoms with Crippen molar-refractivity contribution in [1.82, 2.24) is 10.3 Å². The predicted octanol–water partition coefficient (Wildman–Crippen LogP) is 3.30. The number of anilines is 1. The first-order valence-electron chi connectivity index (χ1n) is 8.29. The van der Waals surface area contributed by atoms with Crippen molar-refractivity contribution in [2.75, 3.05) is 11.9 Å². The fraction of sp³-hybridized carbons (Fsp3) is 0.200. The summed E-state index contributed by atoms with van der Waals surface area (Å²) < 4.78 is 0. The van der Waals surface area contributed by atoms with Gasteiger partial charge in [-0.2, -0.15) is 5.26 Å². The second-order valence-corrected chi connectivity index (χ2v) is 7.03. The van der Waals surface area contributed by atoms with E-state index in [1.54, 1.807) is 32.1 Å². The van der Waals surface area contributed by atoms with Gasteiger partial charge in [0.25, 0.3) is 5.91 Å². The van der Waals surface area contributed by atoms with Crippen LogP contribution in [0.25, 0.3) is 0 Å². The van der Waals surface area contributed by atoms with Crippen molar-refractivity contribution < 1.29 is 9.59 Å². The molecule has 6 nitrogen and oxygen atoms in total. The van der Waals surface area contributed by atoms with Crippen molar-refractivity contribution in [3.63, 3.8) is 0 Å². The fourth-order valence-electron chi connectivity index (χ4n) is 2.24. The molecule has 0 aliphatic rings. The number of nitrogens with zero attached hydrogens (tertiary/aromatic N) is 2. The second-order valence-electron chi connectivity index (χ2n) is 5.70. The number of carbonyl (C=O) groups is 2. The highest BCUT2D eigenvalue weighted by atomic mass is 32.2. The average Bonchev–Trinajstić information content (AvgIpc) is 2.66. The molecule has 0 spiro atoms. The zero-order valence-electron chi connectivity index (χ0n) is 15.2. The molecule has 1 atom stereocenters. The van der Waals surface area contributed by atoms with Crippen LogP contribution in [0, 0.1) is 18.3 Å². The molecule has 0 radical (unpaired) electrons. The number of aromatic nitrogens is 1. The molecule has 2 N–H and O–H groups in total. The highest BCUT2D eigenvalue weighted by molar-refractivity contribution is 8.00. The lowest BCUT2D eigenvalue weighted by Crippen LogP contribution is -2.31. The van der Waals surface area contributed by atoms with E-state index in [0.29, 0.717) is 28.5 Å². The molecule has 1 heterocycles. The Morgan fingerprint density at radius 3 is 2.70 bits per heavy atom. The molecule has 1 aromatic heterocycles. The van der Waals surface area contributed by atoms with Gasteiger partial charge in [0.2, 0.25) is 5.91 Å². The number of rotatable bonds is 7. The number of hydrogen-bond acceptors (Lipinski definition) is 5. The molecule has 0 bridgehead atoms. The smallest absolute Gasteiger partial charge is 0.257 e. The van der Waals surface area contributed by atoms with Gasteiger partial charge in [0.15, 0.2) is 0 Å². The molecule has 138 valence electrons. The van der Waals surface area contributed by atoms with E-state index in [1.165, 1.54) is 17.8 Å². The van der Waals surface area contributed by atoms with Crippen molar-refractivity contribution in [3.8, 4) is 6.07 Å². The second kappa shape index (κ2) is 9.55. The molecule has 0 fully saturated rings. The maximum Gasteiger partial charge on any atom is 0.257 e. The van der Waals surface area contributed by atoms with Crippen LogP contribution in [-0.4, -0.2) is 28.6 Å². The van der Waals surface area contributed by atoms with Crippen molar-refractivity contribution >= 4 is 29.3 Å². The lowest BCUT2D eigenvalue weighted by molar-refractivity contribution is -0.120. The highest BCUT2D eigenvalue weighted by Gasteiger charge is 2.20. The van der Waals surface area contributed by atoms with E-state index in [4.69, 9.17) is 0 Å². The van der Waals surface area contributed by atoms with Gasteiger partial charge >= 0.3 is 0 Å². The van der Waals surface area contributed by atoms with Gasteiger partial charge in [-0.25, -0.2) is 4.98 Å². The molecule has 0 aliphatic heterocycles. The van der Waals surface area contributed by atoms with Crippen molar-refractivity contribution in [2.24, 2.45) is 0 Å². The van der Waals surface area contributed by atoms with E-state index in [2.05, 4.69) is 28.3 Å². The highest BCUT2D eigenvalue weighted by Crippen LogP contribution is 2.27. The minimum absolute atomic E-state index is 0.172. The van der Waals surface area contributed by atoms with Gasteiger partial charge in [0.05, 0.1) is 22.1 Å². The molecule has 0 saturated heterocycles. The van der Waals surface area contributed by atoms with E-state index < -0.39 is 5.25 Å². The van der Waals surface area contributed by atoms with Crippen molar-refractivity contribution in [2.45, 2.75) is 24.1 Å². The van der Waals surface area contributed by atoms with Crippen LogP contribution in [0.3, 0.4) is 0 Å². The SMILES string of the molecule is C=CCNC(=O)[C@@H](C)Sc1nc(C)c(C(=O)Nc2ccccc2)cc1C#N. The number of para-hydroxylation sites is 1. The third-order valence-corrected chi connectivity index (χ3v) is 4.76. The summed E-state index contributed by atoms with van der Waals surface area (Å²) in [6.07, 6.45) is 1.60. The number of nitriles is 1. The van der Waals surface area contributed by atoms with Crippen LogP contribution in [-0.2, 0) is 4.79 Å². The summed E-state index contributed by atoms with van der Waals surface area (Å²) in [5.41, 5.74) is 1.73. The van der Waals surface area contributed by atoms with E-state index in [9.17, 15) is 14.9 Å². The minimum Gasteiger partial charge on any atom is -0.352 e. The Morgan fingerprint density at radius 1 is 1.37 bits per heavy atom. The van der Waals surface area contributed by atoms with Crippen molar-refractivity contribution in [3.05, 3.63) is 65.9 Å². The maximum atomic E-state index is 12.5. The number of aryl methyl sites for hydroxylation is 1. The number of carbonyl (C=O) groups excluding carboxylic acids is 2. The Labute approximate surface area is 162 Å². The summed E-state index contributed by atoms with van der Waals surface area (Å²) in [4.78, 5) is 28.9. The van der Waals surface area contributed by atoms with Gasteiger partial charge in [0, 0.05) is 12.2 Å². The van der Waals surface area contributed by atoms with E-state index in [-0.39, 0.29) is 17.4 Å². The average molecular weight is 380 g/mol. The van der Waals surface area contributed by atoms with Crippen LogP contribution in [0.4, 0.5) is 5.69 Å². The van der Waals surface area contributed by atoms with Crippen LogP contribution < -0.4 is 10.6 Å². The Bertz CT molecular complexity index is 891. The first-order chi connectivity index (χ1) is 13.0. The lowest BCUT2D eigenvalue weighted by Gasteiger charge is -2.13. The molecule has 1 aromatic carbocycles. The van der Waals surface area contributed by atoms with Gasteiger partial charge in [-0.3, -0.25) is 9.59 Å². The van der Waals surface area contributed by atoms with E-state index in [0.717, 1.165) is 0 Å². The number of benzene rings is 1. The van der Waals surface area contributed by atoms with E-state index in [1.807, 2.05) is 18.2 Å². The molecule has 0 unspecified atom stereocenters. The van der Waals surface area contributed by atoms with Crippen LogP contribution in [0.2, 0.25) is 0 Å². The number of pyridine rings is 1. The normalized spacial score (nSPS) is 11.1. The zero-order valence-corrected chi connectivity index (χ0v) is 16.0. The van der Waals surface area contributed by atoms with Crippen LogP contribution >= 0.6 is 11.8 Å². The van der Waals surface area contributed by atoms with E-state index >= 15 is 0 Å². The summed E-state index contributed by atoms with van der Waals surface area (Å²) >= 11 is 1.18. The quantitative estimate of drug-likeness (QED) is 0.568. The first-order valence-corrected chi connectivity index (χ1v) is 9.17. The zero-order chi connectivity index (χ0) is 19.8. The van der Waals surface area contributed by atoms with Crippen LogP contribution in [0.5, 0.6) is 0 Å². The van der Waals surface area contributed by atoms with Crippen molar-refractivity contribution in [1.29, 1.82) is 5.26 Å². The fourth-order valence-corrected chi connectivity index (χ4v) is 3.19. The first kappa shape index (κ1) is 20.2. The molecule has 2 rings (SSSR count). The van der Waals surface area contributed by atoms with Gasteiger partial charge in [-0.1, -0.05) is 36.0 Å². The molecular formula is C20H20N4O2S. The Hall–Kier alpha value is -3.11. The molecule has 2 amide bonds. The summed E-state index contributed by atoms with van der Waals surface area (Å²) in [7, 11) is 0. The third-order valence-electron chi connectivity index (χ3n) is 3.65. The Balaban J connectivity index is 2.21. The van der Waals surface area contributed by atoms with Gasteiger partial charge < -0.3 is 10.6 Å². The minimum atomic E-state index is -0.437. The largest absolute Gasteiger partial charge is 0.352 e. The summed E-state index contributed by atoms with van der Waals surface area (Å²) in [5.74, 6) is -0.509. The summed E-state index contributed by atoms with van der Waals surface area (Å²) in [6, 6.07) is 12.6. The Morgan fingerprint density at radius 2 is 2.07 bits per heavy atom. The molecule has 7 heteroatoms. The van der Waals surface area contributed by atoms with Crippen LogP contribution in [0.1, 0.15) is 28.5 Å². The molecule has 0 saturated carbocycles. The van der Waals surface area contributed by atoms with Gasteiger partial charge in [-0.05, 0) is 32.0 Å². The predicted molar refractivity (Wildman–Crippen MR) is 107 cm³/mol. The number of amides is 2. The number of hydrogen-bond donors (Lipinski definition) is 2. The lowest BCUT2D eigenvalue weighted by atomic mass is 10.1. The monoisotopic (exact) mass is 380 g/mol. The topological polar surface area (TPSA) is 94.9 Å². The maximum absolute atomic E-state index is 12.5. The third kappa shape index (κ3) is 5.43. The molecule has 2 aromatic rings. The molecule has 27 heavy (non-hydrogen) atoms. The standard InChI is InChI=1S/C20H20N4O2S/c1-4-10-22-18(25)14(3)27-20-15(12-21)11-17(13(2)23-20)19(26)24-16-8-6-5-7-9-16/h4-9,11,14H,1,10H2,2-3H3,(H,22,25)(H,24,26)/t14-/m1/s1. The molecular weight excluding hydrogens is 360 g/mol. The van der Waals surface area contributed by atoms with Gasteiger partial charge in [-0.15, -0.1) is 6.58 Å². The number of nitrogens with one attached hydrogen (secondary N) is 2. The summed E-state index contributed by atoms with van der Waals surface area (Å²) in [6.45, 7) is 7.37. The number of thioether (sulfide) groups is 1. The Kier molecular flexibility index (Phi) is 7.15. The van der Waals surface area contributed by atoms with Crippen LogP contribution in [0.15, 0.2) is 54.1 Å². The molecule has 0 aliphatic carbocycles. The van der Waals surface area contributed by atoms with Gasteiger partial charge in [0.1, 0.15) is 11.1 Å². The summed E-state index contributed by atoms with van der Waals surface area (Å²) in [5, 5.41) is 14.9.